The number of carbonyl (C=O) groups is 4. The first-order valence-electron chi connectivity index (χ1n) is 9.96. The molecule has 0 saturated heterocycles. The fourth-order valence-corrected chi connectivity index (χ4v) is 6.94. The van der Waals surface area contributed by atoms with E-state index in [1.54, 1.807) is 12.2 Å². The second-order valence-electron chi connectivity index (χ2n) is 9.20. The van der Waals surface area contributed by atoms with E-state index in [1.807, 2.05) is 19.9 Å². The highest BCUT2D eigenvalue weighted by molar-refractivity contribution is 6.02. The number of carbonyl (C=O) groups excluding carboxylic acids is 4. The predicted octanol–water partition coefficient (Wildman–Crippen LogP) is 1.95. The minimum atomic E-state index is -1.44. The summed E-state index contributed by atoms with van der Waals surface area (Å²) in [6.45, 7) is 3.45. The summed E-state index contributed by atoms with van der Waals surface area (Å²) in [6.07, 6.45) is 7.73. The Kier molecular flexibility index (Phi) is 4.27. The zero-order valence-corrected chi connectivity index (χ0v) is 16.3. The third-order valence-corrected chi connectivity index (χ3v) is 8.22. The summed E-state index contributed by atoms with van der Waals surface area (Å²) >= 11 is 0. The molecule has 3 saturated carbocycles. The Balaban J connectivity index is 1.78. The van der Waals surface area contributed by atoms with Gasteiger partial charge in [-0.1, -0.05) is 25.5 Å². The summed E-state index contributed by atoms with van der Waals surface area (Å²) in [5.41, 5.74) is -1.73. The molecule has 0 heterocycles. The van der Waals surface area contributed by atoms with Crippen LogP contribution in [0.15, 0.2) is 23.8 Å². The van der Waals surface area contributed by atoms with Crippen LogP contribution in [0.25, 0.3) is 0 Å². The van der Waals surface area contributed by atoms with E-state index in [0.29, 0.717) is 12.8 Å². The number of ketones is 3. The van der Waals surface area contributed by atoms with Crippen molar-refractivity contribution in [2.24, 2.45) is 28.6 Å². The molecule has 0 aromatic carbocycles. The number of ether oxygens (including phenoxy) is 1. The number of aliphatic hydroxyl groups excluding tert-OH is 1. The van der Waals surface area contributed by atoms with Crippen LogP contribution in [0.4, 0.5) is 0 Å². The molecule has 0 unspecified atom stereocenters. The van der Waals surface area contributed by atoms with Crippen LogP contribution in [0.5, 0.6) is 0 Å². The molecule has 0 aromatic heterocycles. The van der Waals surface area contributed by atoms with Gasteiger partial charge in [0, 0.05) is 23.2 Å². The third kappa shape index (κ3) is 2.24. The summed E-state index contributed by atoms with van der Waals surface area (Å²) in [5, 5.41) is 9.53. The van der Waals surface area contributed by atoms with Crippen LogP contribution in [0.3, 0.4) is 0 Å². The summed E-state index contributed by atoms with van der Waals surface area (Å²) in [4.78, 5) is 49.2. The first-order valence-corrected chi connectivity index (χ1v) is 9.96. The highest BCUT2D eigenvalue weighted by atomic mass is 16.5. The van der Waals surface area contributed by atoms with E-state index in [2.05, 4.69) is 0 Å². The van der Waals surface area contributed by atoms with Gasteiger partial charge in [0.15, 0.2) is 11.4 Å². The van der Waals surface area contributed by atoms with E-state index < -0.39 is 28.8 Å². The molecule has 4 rings (SSSR count). The molecule has 1 N–H and O–H groups in total. The summed E-state index contributed by atoms with van der Waals surface area (Å²) in [7, 11) is 0. The molecule has 6 heteroatoms. The Labute approximate surface area is 164 Å². The van der Waals surface area contributed by atoms with Gasteiger partial charge in [0.25, 0.3) is 6.47 Å². The maximum Gasteiger partial charge on any atom is 0.294 e. The number of Topliss-reactive ketones (excluding diaryl/α,β-unsaturated/α-hetero) is 2. The van der Waals surface area contributed by atoms with Gasteiger partial charge in [-0.3, -0.25) is 19.2 Å². The zero-order chi connectivity index (χ0) is 20.3. The molecule has 28 heavy (non-hydrogen) atoms. The van der Waals surface area contributed by atoms with Crippen molar-refractivity contribution in [2.45, 2.75) is 51.6 Å². The lowest BCUT2D eigenvalue weighted by molar-refractivity contribution is -0.182. The molecular formula is C22H26O6. The molecule has 0 aromatic rings. The number of hydrogen-bond acceptors (Lipinski definition) is 6. The zero-order valence-electron chi connectivity index (χ0n) is 16.3. The summed E-state index contributed by atoms with van der Waals surface area (Å²) in [6, 6.07) is 0. The first-order chi connectivity index (χ1) is 13.2. The van der Waals surface area contributed by atoms with E-state index in [0.717, 1.165) is 18.4 Å². The quantitative estimate of drug-likeness (QED) is 0.742. The number of aliphatic hydroxyl groups is 1. The minimum Gasteiger partial charge on any atom is -0.453 e. The van der Waals surface area contributed by atoms with Crippen molar-refractivity contribution in [3.8, 4) is 0 Å². The van der Waals surface area contributed by atoms with E-state index in [1.165, 1.54) is 0 Å². The molecule has 0 radical (unpaired) electrons. The molecule has 150 valence electrons. The van der Waals surface area contributed by atoms with Gasteiger partial charge in [0.2, 0.25) is 5.78 Å². The Bertz CT molecular complexity index is 825. The third-order valence-electron chi connectivity index (χ3n) is 8.22. The van der Waals surface area contributed by atoms with Crippen molar-refractivity contribution in [1.82, 2.24) is 0 Å². The number of fused-ring (bicyclic) bond motifs is 5. The Hall–Kier alpha value is -2.08. The molecule has 0 amide bonds. The molecular weight excluding hydrogens is 360 g/mol. The lowest BCUT2D eigenvalue weighted by atomic mass is 9.46. The summed E-state index contributed by atoms with van der Waals surface area (Å²) in [5.74, 6) is -0.674. The topological polar surface area (TPSA) is 97.7 Å². The molecule has 6 atom stereocenters. The predicted molar refractivity (Wildman–Crippen MR) is 99.0 cm³/mol. The second-order valence-corrected chi connectivity index (χ2v) is 9.20. The van der Waals surface area contributed by atoms with Crippen molar-refractivity contribution in [3.63, 3.8) is 0 Å². The van der Waals surface area contributed by atoms with Crippen molar-refractivity contribution in [1.29, 1.82) is 0 Å². The maximum atomic E-state index is 13.5. The molecule has 0 spiro atoms. The van der Waals surface area contributed by atoms with Crippen LogP contribution in [-0.4, -0.2) is 41.1 Å². The van der Waals surface area contributed by atoms with E-state index in [4.69, 9.17) is 4.74 Å². The highest BCUT2D eigenvalue weighted by Gasteiger charge is 2.70. The fraction of sp³-hybridized carbons (Fsp3) is 0.636. The SMILES string of the molecule is C[C@]12C=CC(=O)C=C1CC[C@@H]1[C@@H]2C(=O)C[C@@]2(C)[C@H]1CC[C@]2(OC=O)C(=O)CO. The molecule has 6 nitrogen and oxygen atoms in total. The molecule has 0 bridgehead atoms. The monoisotopic (exact) mass is 386 g/mol. The highest BCUT2D eigenvalue weighted by Crippen LogP contribution is 2.66. The van der Waals surface area contributed by atoms with Crippen LogP contribution in [0.1, 0.15) is 46.0 Å². The van der Waals surface area contributed by atoms with Crippen LogP contribution in [0, 0.1) is 28.6 Å². The van der Waals surface area contributed by atoms with Crippen molar-refractivity contribution >= 4 is 23.8 Å². The molecule has 4 aliphatic rings. The normalized spacial score (nSPS) is 44.2. The lowest BCUT2D eigenvalue weighted by Gasteiger charge is -2.57. The van der Waals surface area contributed by atoms with Gasteiger partial charge in [-0.15, -0.1) is 0 Å². The van der Waals surface area contributed by atoms with E-state index >= 15 is 0 Å². The van der Waals surface area contributed by atoms with Crippen molar-refractivity contribution in [3.05, 3.63) is 23.8 Å². The Morgan fingerprint density at radius 1 is 1.32 bits per heavy atom. The second kappa shape index (κ2) is 6.21. The van der Waals surface area contributed by atoms with Crippen LogP contribution < -0.4 is 0 Å². The van der Waals surface area contributed by atoms with E-state index in [-0.39, 0.29) is 42.2 Å². The molecule has 4 aliphatic carbocycles. The average Bonchev–Trinajstić information content (AvgIpc) is 2.94. The number of allylic oxidation sites excluding steroid dienone is 4. The fourth-order valence-electron chi connectivity index (χ4n) is 6.94. The van der Waals surface area contributed by atoms with Gasteiger partial charge < -0.3 is 9.84 Å². The molecule has 3 fully saturated rings. The van der Waals surface area contributed by atoms with Crippen LogP contribution >= 0.6 is 0 Å². The van der Waals surface area contributed by atoms with Crippen molar-refractivity contribution < 1.29 is 29.0 Å². The van der Waals surface area contributed by atoms with Crippen LogP contribution in [0.2, 0.25) is 0 Å². The van der Waals surface area contributed by atoms with Gasteiger partial charge in [0.05, 0.1) is 0 Å². The van der Waals surface area contributed by atoms with Gasteiger partial charge in [-0.05, 0) is 49.7 Å². The Morgan fingerprint density at radius 3 is 2.75 bits per heavy atom. The largest absolute Gasteiger partial charge is 0.453 e. The van der Waals surface area contributed by atoms with E-state index in [9.17, 15) is 24.3 Å². The van der Waals surface area contributed by atoms with Crippen molar-refractivity contribution in [2.75, 3.05) is 6.61 Å². The van der Waals surface area contributed by atoms with Crippen LogP contribution in [-0.2, 0) is 23.9 Å². The maximum absolute atomic E-state index is 13.5. The lowest BCUT2D eigenvalue weighted by Crippen LogP contribution is -2.61. The van der Waals surface area contributed by atoms with Gasteiger partial charge in [0.1, 0.15) is 12.4 Å². The smallest absolute Gasteiger partial charge is 0.294 e. The first kappa shape index (κ1) is 19.2. The average molecular weight is 386 g/mol. The minimum absolute atomic E-state index is 0.0353. The van der Waals surface area contributed by atoms with Gasteiger partial charge in [-0.2, -0.15) is 0 Å². The van der Waals surface area contributed by atoms with Gasteiger partial charge >= 0.3 is 0 Å². The van der Waals surface area contributed by atoms with Gasteiger partial charge in [-0.25, -0.2) is 0 Å². The Morgan fingerprint density at radius 2 is 2.07 bits per heavy atom. The number of hydrogen-bond donors (Lipinski definition) is 1. The standard InChI is InChI=1S/C22H26O6/c1-20-7-5-14(25)9-13(20)3-4-15-16-6-8-22(28-12-24,18(27)11-23)21(16,2)10-17(26)19(15)20/h5,7,9,12,15-16,19,23H,3-4,6,8,10-11H2,1-2H3/t15-,16-,19+,20-,21-,22-/m0/s1. The molecule has 0 aliphatic heterocycles. The number of rotatable bonds is 4. The summed E-state index contributed by atoms with van der Waals surface area (Å²) < 4.78 is 5.38.